The molecule has 1 aliphatic carbocycles. The highest BCUT2D eigenvalue weighted by Crippen LogP contribution is 2.39. The van der Waals surface area contributed by atoms with Gasteiger partial charge in [0, 0.05) is 23.2 Å². The Bertz CT molecular complexity index is 600. The summed E-state index contributed by atoms with van der Waals surface area (Å²) in [4.78, 5) is 12.1. The Kier molecular flexibility index (Phi) is 4.42. The number of halogens is 1. The van der Waals surface area contributed by atoms with Crippen molar-refractivity contribution in [1.29, 1.82) is 0 Å². The minimum Gasteiger partial charge on any atom is -0.327 e. The number of hydrogen-bond donors (Lipinski definition) is 2. The summed E-state index contributed by atoms with van der Waals surface area (Å²) >= 11 is 0. The first-order valence-corrected chi connectivity index (χ1v) is 6.46. The van der Waals surface area contributed by atoms with Crippen molar-refractivity contribution in [1.82, 2.24) is 0 Å². The number of benzene rings is 2. The third-order valence-electron chi connectivity index (χ3n) is 3.45. The van der Waals surface area contributed by atoms with Gasteiger partial charge in [0.1, 0.15) is 0 Å². The second kappa shape index (κ2) is 6.07. The summed E-state index contributed by atoms with van der Waals surface area (Å²) in [6.07, 6.45) is 1.02. The van der Waals surface area contributed by atoms with E-state index in [1.54, 1.807) is 0 Å². The maximum absolute atomic E-state index is 12.1. The van der Waals surface area contributed by atoms with Gasteiger partial charge >= 0.3 is 0 Å². The number of rotatable bonds is 3. The van der Waals surface area contributed by atoms with E-state index in [4.69, 9.17) is 5.73 Å². The average Bonchev–Trinajstić information content (AvgIpc) is 3.17. The van der Waals surface area contributed by atoms with Gasteiger partial charge in [-0.2, -0.15) is 0 Å². The molecule has 0 saturated heterocycles. The van der Waals surface area contributed by atoms with Crippen LogP contribution in [0.15, 0.2) is 54.6 Å². The molecular weight excluding hydrogens is 272 g/mol. The van der Waals surface area contributed by atoms with Crippen molar-refractivity contribution in [2.75, 3.05) is 5.32 Å². The summed E-state index contributed by atoms with van der Waals surface area (Å²) in [7, 11) is 0. The van der Waals surface area contributed by atoms with Crippen LogP contribution in [0.5, 0.6) is 0 Å². The fourth-order valence-electron chi connectivity index (χ4n) is 2.23. The Hall–Kier alpha value is -1.84. The molecule has 20 heavy (non-hydrogen) atoms. The minimum absolute atomic E-state index is 0. The van der Waals surface area contributed by atoms with Crippen molar-refractivity contribution in [3.63, 3.8) is 0 Å². The summed E-state index contributed by atoms with van der Waals surface area (Å²) in [5.41, 5.74) is 8.50. The Morgan fingerprint density at radius 3 is 2.45 bits per heavy atom. The van der Waals surface area contributed by atoms with Gasteiger partial charge in [0.25, 0.3) is 5.91 Å². The van der Waals surface area contributed by atoms with E-state index < -0.39 is 0 Å². The maximum Gasteiger partial charge on any atom is 0.255 e. The van der Waals surface area contributed by atoms with E-state index in [0.29, 0.717) is 11.5 Å². The predicted molar refractivity (Wildman–Crippen MR) is 83.4 cm³/mol. The molecule has 0 radical (unpaired) electrons. The molecule has 3 N–H and O–H groups in total. The zero-order chi connectivity index (χ0) is 13.2. The van der Waals surface area contributed by atoms with Gasteiger partial charge in [0.05, 0.1) is 0 Å². The first-order valence-electron chi connectivity index (χ1n) is 6.46. The van der Waals surface area contributed by atoms with Gasteiger partial charge in [-0.25, -0.2) is 0 Å². The van der Waals surface area contributed by atoms with Gasteiger partial charge in [-0.15, -0.1) is 12.4 Å². The number of carbonyl (C=O) groups is 1. The molecule has 0 bridgehead atoms. The lowest BCUT2D eigenvalue weighted by atomic mass is 10.1. The van der Waals surface area contributed by atoms with Crippen LogP contribution in [0.25, 0.3) is 0 Å². The van der Waals surface area contributed by atoms with Crippen LogP contribution in [0.3, 0.4) is 0 Å². The molecule has 2 aromatic carbocycles. The number of nitrogens with one attached hydrogen (secondary N) is 1. The largest absolute Gasteiger partial charge is 0.327 e. The van der Waals surface area contributed by atoms with Crippen molar-refractivity contribution in [3.05, 3.63) is 65.7 Å². The van der Waals surface area contributed by atoms with Gasteiger partial charge in [-0.05, 0) is 36.2 Å². The molecule has 1 amide bonds. The van der Waals surface area contributed by atoms with Gasteiger partial charge in [-0.3, -0.25) is 4.79 Å². The first kappa shape index (κ1) is 14.6. The van der Waals surface area contributed by atoms with Crippen LogP contribution < -0.4 is 11.1 Å². The molecular formula is C16H17ClN2O. The number of anilines is 1. The van der Waals surface area contributed by atoms with E-state index in [2.05, 4.69) is 5.32 Å². The van der Waals surface area contributed by atoms with E-state index >= 15 is 0 Å². The molecule has 2 aromatic rings. The van der Waals surface area contributed by atoms with E-state index in [1.807, 2.05) is 54.6 Å². The van der Waals surface area contributed by atoms with Crippen molar-refractivity contribution in [3.8, 4) is 0 Å². The third kappa shape index (κ3) is 3.18. The summed E-state index contributed by atoms with van der Waals surface area (Å²) in [6.45, 7) is 0. The summed E-state index contributed by atoms with van der Waals surface area (Å²) in [5, 5.41) is 2.89. The van der Waals surface area contributed by atoms with Crippen LogP contribution in [-0.2, 0) is 0 Å². The Labute approximate surface area is 124 Å². The molecule has 1 saturated carbocycles. The summed E-state index contributed by atoms with van der Waals surface area (Å²) < 4.78 is 0. The van der Waals surface area contributed by atoms with Crippen molar-refractivity contribution in [2.24, 2.45) is 5.73 Å². The number of para-hydroxylation sites is 1. The minimum atomic E-state index is -0.0812. The highest BCUT2D eigenvalue weighted by atomic mass is 35.5. The quantitative estimate of drug-likeness (QED) is 0.911. The normalized spacial score (nSPS) is 19.9. The van der Waals surface area contributed by atoms with Crippen LogP contribution >= 0.6 is 12.4 Å². The number of nitrogens with two attached hydrogens (primary N) is 1. The zero-order valence-electron chi connectivity index (χ0n) is 11.0. The lowest BCUT2D eigenvalue weighted by molar-refractivity contribution is 0.102. The predicted octanol–water partition coefficient (Wildman–Crippen LogP) is 3.18. The number of carbonyl (C=O) groups excluding carboxylic acids is 1. The van der Waals surface area contributed by atoms with Crippen LogP contribution in [0, 0.1) is 0 Å². The van der Waals surface area contributed by atoms with Crippen LogP contribution in [0.4, 0.5) is 5.69 Å². The standard InChI is InChI=1S/C16H16N2O.ClH/c17-15-10-14(15)11-5-4-6-12(9-11)16(19)18-13-7-2-1-3-8-13;/h1-9,14-15H,10,17H2,(H,18,19);1H/t14-,15+;/m0./s1. The lowest BCUT2D eigenvalue weighted by Crippen LogP contribution is -2.12. The van der Waals surface area contributed by atoms with E-state index in [0.717, 1.165) is 17.7 Å². The van der Waals surface area contributed by atoms with E-state index in [-0.39, 0.29) is 24.4 Å². The SMILES string of the molecule is Cl.N[C@@H]1C[C@H]1c1cccc(C(=O)Nc2ccccc2)c1. The maximum atomic E-state index is 12.1. The van der Waals surface area contributed by atoms with Crippen molar-refractivity contribution in [2.45, 2.75) is 18.4 Å². The fourth-order valence-corrected chi connectivity index (χ4v) is 2.23. The first-order chi connectivity index (χ1) is 9.24. The molecule has 0 heterocycles. The Morgan fingerprint density at radius 2 is 1.80 bits per heavy atom. The van der Waals surface area contributed by atoms with Crippen molar-refractivity contribution >= 4 is 24.0 Å². The van der Waals surface area contributed by atoms with E-state index in [9.17, 15) is 4.79 Å². The van der Waals surface area contributed by atoms with Gasteiger partial charge in [-0.1, -0.05) is 30.3 Å². The zero-order valence-corrected chi connectivity index (χ0v) is 11.8. The second-order valence-corrected chi connectivity index (χ2v) is 4.95. The highest BCUT2D eigenvalue weighted by molar-refractivity contribution is 6.04. The molecule has 0 aromatic heterocycles. The van der Waals surface area contributed by atoms with Crippen LogP contribution in [0.1, 0.15) is 28.3 Å². The van der Waals surface area contributed by atoms with Crippen molar-refractivity contribution < 1.29 is 4.79 Å². The molecule has 2 atom stereocenters. The topological polar surface area (TPSA) is 55.1 Å². The molecule has 3 nitrogen and oxygen atoms in total. The van der Waals surface area contributed by atoms with Gasteiger partial charge < -0.3 is 11.1 Å². The van der Waals surface area contributed by atoms with Crippen LogP contribution in [0.2, 0.25) is 0 Å². The fraction of sp³-hybridized carbons (Fsp3) is 0.188. The van der Waals surface area contributed by atoms with Gasteiger partial charge in [0.2, 0.25) is 0 Å². The Morgan fingerprint density at radius 1 is 1.10 bits per heavy atom. The molecule has 4 heteroatoms. The molecule has 1 aliphatic rings. The monoisotopic (exact) mass is 288 g/mol. The summed E-state index contributed by atoms with van der Waals surface area (Å²) in [6, 6.07) is 17.4. The highest BCUT2D eigenvalue weighted by Gasteiger charge is 2.34. The molecule has 3 rings (SSSR count). The van der Waals surface area contributed by atoms with Gasteiger partial charge in [0.15, 0.2) is 0 Å². The van der Waals surface area contributed by atoms with Crippen LogP contribution in [-0.4, -0.2) is 11.9 Å². The molecule has 0 unspecified atom stereocenters. The smallest absolute Gasteiger partial charge is 0.255 e. The summed E-state index contributed by atoms with van der Waals surface area (Å²) in [5.74, 6) is 0.340. The number of amides is 1. The lowest BCUT2D eigenvalue weighted by Gasteiger charge is -2.06. The molecule has 1 fully saturated rings. The third-order valence-corrected chi connectivity index (χ3v) is 3.45. The average molecular weight is 289 g/mol. The second-order valence-electron chi connectivity index (χ2n) is 4.95. The van der Waals surface area contributed by atoms with E-state index in [1.165, 1.54) is 0 Å². The molecule has 104 valence electrons. The Balaban J connectivity index is 0.00000147. The molecule has 0 spiro atoms. The molecule has 0 aliphatic heterocycles. The number of hydrogen-bond acceptors (Lipinski definition) is 2.